The van der Waals surface area contributed by atoms with Gasteiger partial charge in [0.15, 0.2) is 0 Å². The average Bonchev–Trinajstić information content (AvgIpc) is 3.25. The number of rotatable bonds is 2. The van der Waals surface area contributed by atoms with Crippen molar-refractivity contribution in [2.45, 2.75) is 91.9 Å². The first-order chi connectivity index (χ1) is 16.6. The maximum Gasteiger partial charge on any atom is 0.134 e. The number of aliphatic hydroxyl groups is 1. The van der Waals surface area contributed by atoms with Gasteiger partial charge in [0.05, 0.1) is 5.02 Å². The molecule has 35 heavy (non-hydrogen) atoms. The van der Waals surface area contributed by atoms with Gasteiger partial charge in [-0.3, -0.25) is 0 Å². The van der Waals surface area contributed by atoms with Gasteiger partial charge in [-0.05, 0) is 132 Å². The van der Waals surface area contributed by atoms with Gasteiger partial charge in [0, 0.05) is 6.61 Å². The third kappa shape index (κ3) is 3.24. The molecule has 1 aromatic rings. The molecule has 192 valence electrons. The second-order valence-corrected chi connectivity index (χ2v) is 14.7. The van der Waals surface area contributed by atoms with Gasteiger partial charge in [-0.25, -0.2) is 0 Å². The van der Waals surface area contributed by atoms with Crippen LogP contribution in [0.15, 0.2) is 24.3 Å². The van der Waals surface area contributed by atoms with Crippen molar-refractivity contribution in [3.63, 3.8) is 0 Å². The molecule has 2 N–H and O–H groups in total. The number of fused-ring (bicyclic) bond motifs is 7. The lowest BCUT2D eigenvalue weighted by atomic mass is 9.36. The third-order valence-electron chi connectivity index (χ3n) is 12.8. The number of benzene rings is 1. The Hall–Kier alpha value is -0.990. The molecule has 0 heterocycles. The van der Waals surface area contributed by atoms with E-state index in [0.29, 0.717) is 28.4 Å². The molecule has 4 fully saturated rings. The van der Waals surface area contributed by atoms with E-state index in [1.807, 2.05) is 12.1 Å². The van der Waals surface area contributed by atoms with Crippen LogP contribution in [0.1, 0.15) is 97.5 Å². The number of hydrogen-bond donors (Lipinski definition) is 2. The van der Waals surface area contributed by atoms with E-state index in [4.69, 9.17) is 11.6 Å². The summed E-state index contributed by atoms with van der Waals surface area (Å²) in [5.41, 5.74) is 3.67. The second-order valence-electron chi connectivity index (χ2n) is 14.3. The van der Waals surface area contributed by atoms with Gasteiger partial charge in [-0.1, -0.05) is 57.9 Å². The molecule has 0 spiro atoms. The number of phenolic OH excluding ortho intramolecular Hbond substituents is 1. The number of hydrogen-bond acceptors (Lipinski definition) is 2. The Morgan fingerprint density at radius 1 is 0.886 bits per heavy atom. The molecule has 8 atom stereocenters. The fourth-order valence-corrected chi connectivity index (χ4v) is 11.6. The van der Waals surface area contributed by atoms with Gasteiger partial charge in [-0.15, -0.1) is 0 Å². The Morgan fingerprint density at radius 2 is 1.69 bits per heavy atom. The van der Waals surface area contributed by atoms with Crippen LogP contribution in [0, 0.1) is 51.2 Å². The van der Waals surface area contributed by atoms with E-state index >= 15 is 0 Å². The van der Waals surface area contributed by atoms with Gasteiger partial charge in [0.1, 0.15) is 5.75 Å². The van der Waals surface area contributed by atoms with Crippen LogP contribution in [0.4, 0.5) is 0 Å². The van der Waals surface area contributed by atoms with Gasteiger partial charge in [0.25, 0.3) is 0 Å². The van der Waals surface area contributed by atoms with Crippen LogP contribution in [-0.2, 0) is 0 Å². The van der Waals surface area contributed by atoms with Crippen LogP contribution in [0.5, 0.6) is 5.75 Å². The number of halogens is 1. The predicted octanol–water partition coefficient (Wildman–Crippen LogP) is 8.50. The van der Waals surface area contributed by atoms with Crippen LogP contribution in [0.3, 0.4) is 0 Å². The highest BCUT2D eigenvalue weighted by molar-refractivity contribution is 6.32. The summed E-state index contributed by atoms with van der Waals surface area (Å²) < 4.78 is 0. The minimum absolute atomic E-state index is 0.0789. The normalized spacial score (nSPS) is 46.1. The zero-order valence-electron chi connectivity index (χ0n) is 22.2. The Bertz CT molecular complexity index is 1040. The maximum absolute atomic E-state index is 10.4. The van der Waals surface area contributed by atoms with E-state index < -0.39 is 0 Å². The molecule has 4 saturated carbocycles. The predicted molar refractivity (Wildman–Crippen MR) is 144 cm³/mol. The first-order valence-electron chi connectivity index (χ1n) is 14.4. The number of aromatic hydroxyl groups is 1. The summed E-state index contributed by atoms with van der Waals surface area (Å²) in [7, 11) is 0. The number of allylic oxidation sites excluding steroid dienone is 2. The molecule has 5 aliphatic rings. The molecular formula is C32H45ClO2. The Balaban J connectivity index is 1.34. The van der Waals surface area contributed by atoms with Gasteiger partial charge < -0.3 is 10.2 Å². The van der Waals surface area contributed by atoms with E-state index in [0.717, 1.165) is 30.1 Å². The number of phenols is 1. The van der Waals surface area contributed by atoms with Crippen molar-refractivity contribution >= 4 is 17.2 Å². The van der Waals surface area contributed by atoms with E-state index in [1.54, 1.807) is 6.07 Å². The summed E-state index contributed by atoms with van der Waals surface area (Å²) in [5.74, 6) is 4.04. The van der Waals surface area contributed by atoms with Crippen LogP contribution >= 0.6 is 11.6 Å². The molecule has 3 heteroatoms. The monoisotopic (exact) mass is 496 g/mol. The average molecular weight is 497 g/mol. The van der Waals surface area contributed by atoms with Crippen molar-refractivity contribution in [1.82, 2.24) is 0 Å². The van der Waals surface area contributed by atoms with Crippen molar-refractivity contribution < 1.29 is 10.2 Å². The third-order valence-corrected chi connectivity index (χ3v) is 13.1. The van der Waals surface area contributed by atoms with Crippen molar-refractivity contribution in [2.75, 3.05) is 6.61 Å². The minimum Gasteiger partial charge on any atom is -0.506 e. The summed E-state index contributed by atoms with van der Waals surface area (Å²) in [4.78, 5) is 0. The molecule has 0 radical (unpaired) electrons. The van der Waals surface area contributed by atoms with E-state index in [-0.39, 0.29) is 16.6 Å². The molecule has 5 aliphatic carbocycles. The Morgan fingerprint density at radius 3 is 2.43 bits per heavy atom. The van der Waals surface area contributed by atoms with Crippen LogP contribution in [0.25, 0.3) is 5.57 Å². The molecule has 0 aromatic heterocycles. The van der Waals surface area contributed by atoms with Crippen molar-refractivity contribution in [3.05, 3.63) is 34.9 Å². The van der Waals surface area contributed by atoms with Crippen molar-refractivity contribution in [1.29, 1.82) is 0 Å². The Labute approximate surface area is 217 Å². The first kappa shape index (κ1) is 24.4. The van der Waals surface area contributed by atoms with Gasteiger partial charge >= 0.3 is 0 Å². The lowest BCUT2D eigenvalue weighted by molar-refractivity contribution is -0.181. The largest absolute Gasteiger partial charge is 0.506 e. The summed E-state index contributed by atoms with van der Waals surface area (Å²) in [5, 5.41) is 20.8. The second kappa shape index (κ2) is 8.00. The standard InChI is InChI=1S/C32H45ClO2/c1-29(2)22(20-7-9-26(35)25(33)18-20)11-15-31(4)27(29)13-16-30(3)23-12-17-32(19-34)14-5-6-24(32)21(23)8-10-28(30)31/h7,9,11,18,21,23-24,27-28,34-35H,5-6,8,10,12-17,19H2,1-4H3/t21-,23?,24?,27?,28?,30-,31-,32+/m0/s1. The zero-order chi connectivity index (χ0) is 24.8. The SMILES string of the molecule is CC1(C)C(c2ccc(O)c(Cl)c2)=CC[C@@]2(C)C1CC[C@@]1(C)C3CC[C@@]4(CO)CCCC4[C@H]3CCC12. The lowest BCUT2D eigenvalue weighted by Crippen LogP contribution is -2.61. The fraction of sp³-hybridized carbons (Fsp3) is 0.750. The molecule has 0 amide bonds. The highest BCUT2D eigenvalue weighted by atomic mass is 35.5. The molecule has 0 aliphatic heterocycles. The molecule has 0 bridgehead atoms. The van der Waals surface area contributed by atoms with Crippen LogP contribution < -0.4 is 0 Å². The van der Waals surface area contributed by atoms with Crippen LogP contribution in [0.2, 0.25) is 5.02 Å². The quantitative estimate of drug-likeness (QED) is 0.430. The van der Waals surface area contributed by atoms with Crippen molar-refractivity contribution in [2.24, 2.45) is 51.2 Å². The maximum atomic E-state index is 10.4. The van der Waals surface area contributed by atoms with E-state index in [9.17, 15) is 10.2 Å². The topological polar surface area (TPSA) is 40.5 Å². The molecular weight excluding hydrogens is 452 g/mol. The minimum atomic E-state index is 0.0789. The summed E-state index contributed by atoms with van der Waals surface area (Å²) in [6.07, 6.45) is 15.6. The zero-order valence-corrected chi connectivity index (χ0v) is 23.0. The molecule has 0 saturated heterocycles. The van der Waals surface area contributed by atoms with Gasteiger partial charge in [0.2, 0.25) is 0 Å². The molecule has 4 unspecified atom stereocenters. The summed E-state index contributed by atoms with van der Waals surface area (Å²) >= 11 is 6.33. The summed E-state index contributed by atoms with van der Waals surface area (Å²) in [6, 6.07) is 5.76. The molecule has 1 aromatic carbocycles. The van der Waals surface area contributed by atoms with Crippen LogP contribution in [-0.4, -0.2) is 16.8 Å². The first-order valence-corrected chi connectivity index (χ1v) is 14.7. The molecule has 6 rings (SSSR count). The van der Waals surface area contributed by atoms with Crippen molar-refractivity contribution in [3.8, 4) is 5.75 Å². The number of aliphatic hydroxyl groups excluding tert-OH is 1. The highest BCUT2D eigenvalue weighted by Crippen LogP contribution is 2.73. The fourth-order valence-electron chi connectivity index (χ4n) is 11.4. The van der Waals surface area contributed by atoms with E-state index in [1.165, 1.54) is 68.9 Å². The Kier molecular flexibility index (Phi) is 5.57. The van der Waals surface area contributed by atoms with Gasteiger partial charge in [-0.2, -0.15) is 0 Å². The smallest absolute Gasteiger partial charge is 0.134 e. The van der Waals surface area contributed by atoms with E-state index in [2.05, 4.69) is 33.8 Å². The molecule has 2 nitrogen and oxygen atoms in total. The summed E-state index contributed by atoms with van der Waals surface area (Å²) in [6.45, 7) is 10.7. The highest BCUT2D eigenvalue weighted by Gasteiger charge is 2.65. The lowest BCUT2D eigenvalue weighted by Gasteiger charge is -2.68.